The Labute approximate surface area is 127 Å². The fourth-order valence-electron chi connectivity index (χ4n) is 1.94. The molecular weight excluding hydrogens is 264 g/mol. The molecule has 3 heteroatoms. The van der Waals surface area contributed by atoms with Gasteiger partial charge in [0, 0.05) is 6.08 Å². The van der Waals surface area contributed by atoms with Gasteiger partial charge in [-0.1, -0.05) is 38.7 Å². The Balaban J connectivity index is 2.88. The second-order valence-corrected chi connectivity index (χ2v) is 5.99. The highest BCUT2D eigenvalue weighted by atomic mass is 16.5. The summed E-state index contributed by atoms with van der Waals surface area (Å²) in [6.45, 7) is 9.67. The molecule has 3 nitrogen and oxygen atoms in total. The van der Waals surface area contributed by atoms with Crippen molar-refractivity contribution in [1.82, 2.24) is 0 Å². The van der Waals surface area contributed by atoms with Crippen molar-refractivity contribution in [3.63, 3.8) is 0 Å². The van der Waals surface area contributed by atoms with Crippen LogP contribution in [0.3, 0.4) is 0 Å². The van der Waals surface area contributed by atoms with Crippen LogP contribution in [0.15, 0.2) is 48.1 Å². The highest BCUT2D eigenvalue weighted by Gasteiger charge is 2.15. The van der Waals surface area contributed by atoms with E-state index in [1.807, 2.05) is 19.1 Å². The molecule has 0 unspecified atom stereocenters. The Hall–Kier alpha value is -1.90. The van der Waals surface area contributed by atoms with Crippen LogP contribution in [-0.4, -0.2) is 18.4 Å². The summed E-state index contributed by atoms with van der Waals surface area (Å²) in [6.07, 6.45) is 11.2. The van der Waals surface area contributed by atoms with Crippen LogP contribution in [0, 0.1) is 5.41 Å². The Bertz CT molecular complexity index is 505. The second kappa shape index (κ2) is 7.77. The molecule has 0 heterocycles. The minimum absolute atomic E-state index is 0.0598. The quantitative estimate of drug-likeness (QED) is 0.449. The van der Waals surface area contributed by atoms with E-state index in [0.29, 0.717) is 0 Å². The van der Waals surface area contributed by atoms with Crippen molar-refractivity contribution in [3.8, 4) is 0 Å². The molecule has 21 heavy (non-hydrogen) atoms. The zero-order valence-electron chi connectivity index (χ0n) is 13.1. The lowest BCUT2D eigenvalue weighted by molar-refractivity contribution is -0.136. The van der Waals surface area contributed by atoms with Crippen molar-refractivity contribution in [2.75, 3.05) is 6.61 Å². The molecule has 0 spiro atoms. The largest absolute Gasteiger partial charge is 0.458 e. The van der Waals surface area contributed by atoms with Crippen LogP contribution in [0.5, 0.6) is 0 Å². The van der Waals surface area contributed by atoms with Crippen molar-refractivity contribution in [1.29, 1.82) is 0 Å². The number of allylic oxidation sites excluding steroid dienone is 5. The van der Waals surface area contributed by atoms with Crippen LogP contribution in [0.1, 0.15) is 40.0 Å². The van der Waals surface area contributed by atoms with Crippen molar-refractivity contribution >= 4 is 11.8 Å². The highest BCUT2D eigenvalue weighted by Crippen LogP contribution is 2.25. The lowest BCUT2D eigenvalue weighted by atomic mass is 9.87. The Morgan fingerprint density at radius 2 is 2.14 bits per heavy atom. The van der Waals surface area contributed by atoms with E-state index in [4.69, 9.17) is 4.74 Å². The summed E-state index contributed by atoms with van der Waals surface area (Å²) < 4.78 is 5.12. The normalized spacial score (nSPS) is 25.6. The van der Waals surface area contributed by atoms with E-state index >= 15 is 0 Å². The minimum Gasteiger partial charge on any atom is -0.458 e. The summed E-state index contributed by atoms with van der Waals surface area (Å²) in [7, 11) is 0. The van der Waals surface area contributed by atoms with Crippen LogP contribution in [0.25, 0.3) is 0 Å². The summed E-state index contributed by atoms with van der Waals surface area (Å²) in [5.41, 5.74) is 1.73. The molecule has 0 atom stereocenters. The highest BCUT2D eigenvalue weighted by molar-refractivity contribution is 6.03. The first-order chi connectivity index (χ1) is 9.84. The lowest BCUT2D eigenvalue weighted by Gasteiger charge is -2.18. The second-order valence-electron chi connectivity index (χ2n) is 5.99. The maximum Gasteiger partial charge on any atom is 0.330 e. The Morgan fingerprint density at radius 1 is 1.43 bits per heavy atom. The van der Waals surface area contributed by atoms with Crippen molar-refractivity contribution in [2.24, 2.45) is 5.41 Å². The zero-order valence-corrected chi connectivity index (χ0v) is 13.1. The first kappa shape index (κ1) is 17.2. The molecular formula is C18H24O3. The van der Waals surface area contributed by atoms with Gasteiger partial charge in [0.05, 0.1) is 0 Å². The summed E-state index contributed by atoms with van der Waals surface area (Å²) in [6, 6.07) is 0. The van der Waals surface area contributed by atoms with Crippen molar-refractivity contribution < 1.29 is 14.3 Å². The molecule has 0 saturated carbocycles. The first-order valence-electron chi connectivity index (χ1n) is 7.21. The predicted molar refractivity (Wildman–Crippen MR) is 84.8 cm³/mol. The number of carbonyl (C=O) groups excluding carboxylic acids is 2. The fourth-order valence-corrected chi connectivity index (χ4v) is 1.94. The van der Waals surface area contributed by atoms with Gasteiger partial charge < -0.3 is 4.74 Å². The van der Waals surface area contributed by atoms with E-state index in [2.05, 4.69) is 26.5 Å². The van der Waals surface area contributed by atoms with Gasteiger partial charge in [0.25, 0.3) is 0 Å². The molecule has 0 radical (unpaired) electrons. The average molecular weight is 288 g/mol. The molecule has 1 aliphatic rings. The third kappa shape index (κ3) is 6.39. The van der Waals surface area contributed by atoms with Crippen molar-refractivity contribution in [3.05, 3.63) is 48.1 Å². The van der Waals surface area contributed by atoms with Crippen LogP contribution in [0.4, 0.5) is 0 Å². The molecule has 0 N–H and O–H groups in total. The molecule has 1 rings (SSSR count). The molecule has 1 aliphatic carbocycles. The molecule has 0 aromatic heterocycles. The molecule has 0 amide bonds. The van der Waals surface area contributed by atoms with Gasteiger partial charge in [-0.15, -0.1) is 0 Å². The van der Waals surface area contributed by atoms with Crippen LogP contribution in [0.2, 0.25) is 0 Å². The lowest BCUT2D eigenvalue weighted by Crippen LogP contribution is -2.09. The number of esters is 1. The predicted octanol–water partition coefficient (Wildman–Crippen LogP) is 3.92. The number of rotatable bonds is 3. The fraction of sp³-hybridized carbons (Fsp3) is 0.444. The molecule has 0 saturated heterocycles. The smallest absolute Gasteiger partial charge is 0.330 e. The van der Waals surface area contributed by atoms with Gasteiger partial charge in [0.1, 0.15) is 6.61 Å². The topological polar surface area (TPSA) is 43.4 Å². The number of carbonyl (C=O) groups is 2. The third-order valence-corrected chi connectivity index (χ3v) is 3.47. The van der Waals surface area contributed by atoms with E-state index in [1.165, 1.54) is 6.08 Å². The third-order valence-electron chi connectivity index (χ3n) is 3.47. The maximum atomic E-state index is 11.9. The minimum atomic E-state index is -0.411. The summed E-state index contributed by atoms with van der Waals surface area (Å²) in [5.74, 6) is -0.351. The molecule has 0 aliphatic heterocycles. The van der Waals surface area contributed by atoms with Crippen LogP contribution < -0.4 is 0 Å². The molecule has 0 fully saturated rings. The number of ether oxygens (including phenoxy) is 1. The van der Waals surface area contributed by atoms with Gasteiger partial charge in [-0.2, -0.15) is 0 Å². The van der Waals surface area contributed by atoms with E-state index in [1.54, 1.807) is 6.08 Å². The molecule has 114 valence electrons. The van der Waals surface area contributed by atoms with Crippen molar-refractivity contribution in [2.45, 2.75) is 40.0 Å². The van der Waals surface area contributed by atoms with E-state index in [0.717, 1.165) is 30.4 Å². The van der Waals surface area contributed by atoms with Gasteiger partial charge in [0.15, 0.2) is 5.78 Å². The maximum absolute atomic E-state index is 11.9. The van der Waals surface area contributed by atoms with E-state index in [-0.39, 0.29) is 17.8 Å². The summed E-state index contributed by atoms with van der Waals surface area (Å²) in [5, 5.41) is 0. The number of ketones is 1. The van der Waals surface area contributed by atoms with Gasteiger partial charge in [-0.05, 0) is 48.8 Å². The van der Waals surface area contributed by atoms with Gasteiger partial charge in [-0.3, -0.25) is 4.79 Å². The number of hydrogen-bond donors (Lipinski definition) is 0. The molecule has 0 bridgehead atoms. The van der Waals surface area contributed by atoms with E-state index in [9.17, 15) is 9.59 Å². The summed E-state index contributed by atoms with van der Waals surface area (Å²) >= 11 is 0. The van der Waals surface area contributed by atoms with Gasteiger partial charge in [-0.25, -0.2) is 4.79 Å². The first-order valence-corrected chi connectivity index (χ1v) is 7.21. The Kier molecular flexibility index (Phi) is 6.35. The zero-order chi connectivity index (χ0) is 15.9. The Morgan fingerprint density at radius 3 is 2.81 bits per heavy atom. The van der Waals surface area contributed by atoms with Gasteiger partial charge in [0.2, 0.25) is 0 Å². The summed E-state index contributed by atoms with van der Waals surface area (Å²) in [4.78, 5) is 23.1. The van der Waals surface area contributed by atoms with Crippen LogP contribution >= 0.6 is 0 Å². The average Bonchev–Trinajstić information content (AvgIpc) is 2.47. The number of hydrogen-bond acceptors (Lipinski definition) is 3. The molecule has 0 aromatic carbocycles. The van der Waals surface area contributed by atoms with Crippen LogP contribution in [-0.2, 0) is 14.3 Å². The van der Waals surface area contributed by atoms with Gasteiger partial charge >= 0.3 is 5.97 Å². The molecule has 0 aromatic rings. The monoisotopic (exact) mass is 288 g/mol. The SMILES string of the molecule is C=CC(=O)OC/C1=C\CC(C)(C)/C=C/C(=O)/C(C)=C/CC1. The van der Waals surface area contributed by atoms with E-state index < -0.39 is 5.97 Å². The standard InChI is InChI=1S/C18H24O3/c1-5-17(20)21-13-15-8-6-7-14(2)16(19)10-12-18(3,4)11-9-15/h5,7,9-10,12H,1,6,8,11,13H2,2-4H3/b12-10+,14-7+,15-9-.